The number of hydrogen-bond donors (Lipinski definition) is 2. The Bertz CT molecular complexity index is 598. The monoisotopic (exact) mass is 287 g/mol. The molecule has 21 heavy (non-hydrogen) atoms. The van der Waals surface area contributed by atoms with Crippen LogP contribution in [0.1, 0.15) is 16.8 Å². The Kier molecular flexibility index (Phi) is 5.04. The molecule has 0 atom stereocenters. The van der Waals surface area contributed by atoms with E-state index in [0.717, 1.165) is 5.75 Å². The van der Waals surface area contributed by atoms with E-state index in [1.807, 2.05) is 30.3 Å². The molecule has 5 nitrogen and oxygen atoms in total. The summed E-state index contributed by atoms with van der Waals surface area (Å²) in [4.78, 5) is 11.1. The van der Waals surface area contributed by atoms with E-state index in [1.54, 1.807) is 12.1 Å². The zero-order chi connectivity index (χ0) is 15.1. The van der Waals surface area contributed by atoms with Crippen LogP contribution in [0.5, 0.6) is 11.5 Å². The van der Waals surface area contributed by atoms with Crippen molar-refractivity contribution in [3.05, 3.63) is 54.1 Å². The Balaban J connectivity index is 1.83. The molecule has 2 rings (SSSR count). The highest BCUT2D eigenvalue weighted by molar-refractivity contribution is 5.93. The highest BCUT2D eigenvalue weighted by Gasteiger charge is 2.13. The summed E-state index contributed by atoms with van der Waals surface area (Å²) in [5, 5.41) is 9.08. The standard InChI is InChI=1S/C16H17NO4/c17-14-9-4-8-13(16(18)19)15(14)21-11-5-10-20-12-6-2-1-3-7-12/h1-4,6-9H,5,10-11,17H2,(H,18,19). The Morgan fingerprint density at radius 2 is 1.71 bits per heavy atom. The molecule has 0 saturated carbocycles. The first-order valence-electron chi connectivity index (χ1n) is 6.61. The molecule has 0 saturated heterocycles. The van der Waals surface area contributed by atoms with E-state index in [1.165, 1.54) is 6.07 Å². The number of rotatable bonds is 7. The first kappa shape index (κ1) is 14.7. The van der Waals surface area contributed by atoms with Crippen molar-refractivity contribution >= 4 is 11.7 Å². The molecule has 0 fully saturated rings. The molecule has 0 aliphatic rings. The lowest BCUT2D eigenvalue weighted by Crippen LogP contribution is -2.09. The number of nitrogen functional groups attached to an aromatic ring is 1. The molecule has 0 radical (unpaired) electrons. The summed E-state index contributed by atoms with van der Waals surface area (Å²) in [5.74, 6) is -0.0505. The predicted octanol–water partition coefficient (Wildman–Crippen LogP) is 2.81. The van der Waals surface area contributed by atoms with E-state index in [0.29, 0.717) is 25.3 Å². The number of anilines is 1. The van der Waals surface area contributed by atoms with Crippen molar-refractivity contribution in [2.45, 2.75) is 6.42 Å². The van der Waals surface area contributed by atoms with Gasteiger partial charge in [0, 0.05) is 6.42 Å². The lowest BCUT2D eigenvalue weighted by atomic mass is 10.2. The normalized spacial score (nSPS) is 10.1. The van der Waals surface area contributed by atoms with Crippen molar-refractivity contribution in [1.82, 2.24) is 0 Å². The molecule has 3 N–H and O–H groups in total. The molecule has 110 valence electrons. The first-order valence-corrected chi connectivity index (χ1v) is 6.61. The summed E-state index contributed by atoms with van der Waals surface area (Å²) in [6.45, 7) is 0.820. The van der Waals surface area contributed by atoms with E-state index in [-0.39, 0.29) is 11.3 Å². The Labute approximate surface area is 122 Å². The maximum absolute atomic E-state index is 11.1. The molecule has 0 aliphatic carbocycles. The second-order valence-corrected chi connectivity index (χ2v) is 4.39. The van der Waals surface area contributed by atoms with Gasteiger partial charge in [-0.1, -0.05) is 24.3 Å². The fourth-order valence-corrected chi connectivity index (χ4v) is 1.82. The highest BCUT2D eigenvalue weighted by Crippen LogP contribution is 2.26. The van der Waals surface area contributed by atoms with Gasteiger partial charge >= 0.3 is 5.97 Å². The van der Waals surface area contributed by atoms with E-state index >= 15 is 0 Å². The predicted molar refractivity (Wildman–Crippen MR) is 79.9 cm³/mol. The zero-order valence-electron chi connectivity index (χ0n) is 11.5. The van der Waals surface area contributed by atoms with Crippen LogP contribution in [0.4, 0.5) is 5.69 Å². The van der Waals surface area contributed by atoms with Gasteiger partial charge in [0.05, 0.1) is 18.9 Å². The summed E-state index contributed by atoms with van der Waals surface area (Å²) in [7, 11) is 0. The zero-order valence-corrected chi connectivity index (χ0v) is 11.5. The van der Waals surface area contributed by atoms with Crippen LogP contribution in [0.25, 0.3) is 0 Å². The van der Waals surface area contributed by atoms with Gasteiger partial charge in [0.2, 0.25) is 0 Å². The van der Waals surface area contributed by atoms with Crippen LogP contribution in [0.2, 0.25) is 0 Å². The summed E-state index contributed by atoms with van der Waals surface area (Å²) >= 11 is 0. The van der Waals surface area contributed by atoms with Crippen LogP contribution in [0.15, 0.2) is 48.5 Å². The molecule has 0 bridgehead atoms. The average Bonchev–Trinajstić information content (AvgIpc) is 2.49. The molecular weight excluding hydrogens is 270 g/mol. The number of aromatic carboxylic acids is 1. The Hall–Kier alpha value is -2.69. The minimum Gasteiger partial charge on any atom is -0.493 e. The van der Waals surface area contributed by atoms with Gasteiger partial charge in [-0.15, -0.1) is 0 Å². The molecule has 0 aliphatic heterocycles. The number of ether oxygens (including phenoxy) is 2. The molecule has 2 aromatic rings. The quantitative estimate of drug-likeness (QED) is 0.604. The van der Waals surface area contributed by atoms with Crippen molar-refractivity contribution in [2.75, 3.05) is 18.9 Å². The van der Waals surface area contributed by atoms with E-state index in [4.69, 9.17) is 20.3 Å². The number of benzene rings is 2. The number of hydrogen-bond acceptors (Lipinski definition) is 4. The van der Waals surface area contributed by atoms with E-state index in [9.17, 15) is 4.79 Å². The molecule has 0 unspecified atom stereocenters. The van der Waals surface area contributed by atoms with E-state index in [2.05, 4.69) is 0 Å². The van der Waals surface area contributed by atoms with Gasteiger partial charge in [0.25, 0.3) is 0 Å². The molecular formula is C16H17NO4. The van der Waals surface area contributed by atoms with Crippen molar-refractivity contribution in [3.8, 4) is 11.5 Å². The Morgan fingerprint density at radius 1 is 1.00 bits per heavy atom. The number of carboxylic acid groups (broad SMARTS) is 1. The Morgan fingerprint density at radius 3 is 2.43 bits per heavy atom. The molecule has 5 heteroatoms. The van der Waals surface area contributed by atoms with Gasteiger partial charge in [-0.05, 0) is 24.3 Å². The highest BCUT2D eigenvalue weighted by atomic mass is 16.5. The topological polar surface area (TPSA) is 81.8 Å². The number of carbonyl (C=O) groups is 1. The van der Waals surface area contributed by atoms with Crippen LogP contribution in [-0.2, 0) is 0 Å². The fraction of sp³-hybridized carbons (Fsp3) is 0.188. The minimum absolute atomic E-state index is 0.0685. The van der Waals surface area contributed by atoms with Crippen LogP contribution < -0.4 is 15.2 Å². The average molecular weight is 287 g/mol. The number of para-hydroxylation sites is 2. The van der Waals surface area contributed by atoms with Gasteiger partial charge in [0.1, 0.15) is 11.3 Å². The fourth-order valence-electron chi connectivity index (χ4n) is 1.82. The molecule has 2 aromatic carbocycles. The number of nitrogens with two attached hydrogens (primary N) is 1. The molecule has 0 aromatic heterocycles. The maximum atomic E-state index is 11.1. The van der Waals surface area contributed by atoms with Gasteiger partial charge in [-0.2, -0.15) is 0 Å². The largest absolute Gasteiger partial charge is 0.493 e. The van der Waals surface area contributed by atoms with Crippen molar-refractivity contribution in [2.24, 2.45) is 0 Å². The van der Waals surface area contributed by atoms with Crippen molar-refractivity contribution < 1.29 is 19.4 Å². The van der Waals surface area contributed by atoms with Gasteiger partial charge in [0.15, 0.2) is 5.75 Å². The van der Waals surface area contributed by atoms with Gasteiger partial charge < -0.3 is 20.3 Å². The van der Waals surface area contributed by atoms with Crippen molar-refractivity contribution in [3.63, 3.8) is 0 Å². The molecule has 0 spiro atoms. The minimum atomic E-state index is -1.06. The van der Waals surface area contributed by atoms with Crippen LogP contribution >= 0.6 is 0 Å². The lowest BCUT2D eigenvalue weighted by Gasteiger charge is -2.12. The van der Waals surface area contributed by atoms with Crippen LogP contribution in [-0.4, -0.2) is 24.3 Å². The second-order valence-electron chi connectivity index (χ2n) is 4.39. The molecule has 0 heterocycles. The third kappa shape index (κ3) is 4.14. The smallest absolute Gasteiger partial charge is 0.339 e. The van der Waals surface area contributed by atoms with Crippen LogP contribution in [0, 0.1) is 0 Å². The second kappa shape index (κ2) is 7.19. The third-order valence-electron chi connectivity index (χ3n) is 2.82. The van der Waals surface area contributed by atoms with Gasteiger partial charge in [-0.3, -0.25) is 0 Å². The summed E-state index contributed by atoms with van der Waals surface area (Å²) < 4.78 is 11.0. The van der Waals surface area contributed by atoms with Gasteiger partial charge in [-0.25, -0.2) is 4.79 Å². The first-order chi connectivity index (χ1) is 10.2. The lowest BCUT2D eigenvalue weighted by molar-refractivity contribution is 0.0692. The van der Waals surface area contributed by atoms with E-state index < -0.39 is 5.97 Å². The number of carboxylic acids is 1. The summed E-state index contributed by atoms with van der Waals surface area (Å²) in [6.07, 6.45) is 0.627. The third-order valence-corrected chi connectivity index (χ3v) is 2.82. The molecule has 0 amide bonds. The maximum Gasteiger partial charge on any atom is 0.339 e. The SMILES string of the molecule is Nc1cccc(C(=O)O)c1OCCCOc1ccccc1. The van der Waals surface area contributed by atoms with Crippen LogP contribution in [0.3, 0.4) is 0 Å². The summed E-state index contributed by atoms with van der Waals surface area (Å²) in [5.41, 5.74) is 6.13. The van der Waals surface area contributed by atoms with Crippen molar-refractivity contribution in [1.29, 1.82) is 0 Å². The summed E-state index contributed by atoms with van der Waals surface area (Å²) in [6, 6.07) is 14.1.